The van der Waals surface area contributed by atoms with E-state index >= 15 is 0 Å². The Morgan fingerprint density at radius 2 is 1.86 bits per heavy atom. The lowest BCUT2D eigenvalue weighted by atomic mass is 10.1. The third-order valence-electron chi connectivity index (χ3n) is 2.83. The monoisotopic (exact) mass is 305 g/mol. The topological polar surface area (TPSA) is 44.5 Å². The van der Waals surface area contributed by atoms with Crippen molar-refractivity contribution in [2.24, 2.45) is 5.73 Å². The van der Waals surface area contributed by atoms with Crippen molar-refractivity contribution in [3.8, 4) is 5.75 Å². The predicted molar refractivity (Wildman–Crippen MR) is 83.9 cm³/mol. The second-order valence-electron chi connectivity index (χ2n) is 4.38. The molecule has 2 aromatic carbocycles. The van der Waals surface area contributed by atoms with E-state index in [-0.39, 0.29) is 17.4 Å². The summed E-state index contributed by atoms with van der Waals surface area (Å²) < 4.78 is 24.2. The first-order valence-corrected chi connectivity index (χ1v) is 6.91. The van der Waals surface area contributed by atoms with Crippen LogP contribution in [0.1, 0.15) is 11.1 Å². The van der Waals surface area contributed by atoms with Crippen molar-refractivity contribution >= 4 is 17.2 Å². The number of ether oxygens (including phenoxy) is 2. The van der Waals surface area contributed by atoms with E-state index in [1.54, 1.807) is 6.07 Å². The Morgan fingerprint density at radius 1 is 1.10 bits per heavy atom. The molecule has 5 heteroatoms. The summed E-state index contributed by atoms with van der Waals surface area (Å²) in [5.74, 6) is 0.449. The van der Waals surface area contributed by atoms with Gasteiger partial charge in [-0.1, -0.05) is 30.4 Å². The van der Waals surface area contributed by atoms with Gasteiger partial charge in [-0.05, 0) is 35.9 Å². The maximum Gasteiger partial charge on any atom is 0.123 e. The van der Waals surface area contributed by atoms with Crippen molar-refractivity contribution in [1.82, 2.24) is 0 Å². The van der Waals surface area contributed by atoms with Crippen LogP contribution in [0.25, 0.3) is 0 Å². The van der Waals surface area contributed by atoms with Crippen molar-refractivity contribution in [3.63, 3.8) is 0 Å². The van der Waals surface area contributed by atoms with E-state index in [4.69, 9.17) is 27.4 Å². The van der Waals surface area contributed by atoms with Crippen molar-refractivity contribution in [3.05, 3.63) is 65.5 Å². The second-order valence-corrected chi connectivity index (χ2v) is 4.82. The molecule has 0 amide bonds. The van der Waals surface area contributed by atoms with Crippen molar-refractivity contribution in [1.29, 1.82) is 0 Å². The molecular formula is C16H16FNO2S. The molecule has 2 N–H and O–H groups in total. The third-order valence-corrected chi connectivity index (χ3v) is 3.05. The molecule has 3 nitrogen and oxygen atoms in total. The highest BCUT2D eigenvalue weighted by molar-refractivity contribution is 7.80. The van der Waals surface area contributed by atoms with Crippen LogP contribution in [0.2, 0.25) is 0 Å². The molecule has 0 heterocycles. The average molecular weight is 305 g/mol. The first-order valence-electron chi connectivity index (χ1n) is 6.50. The van der Waals surface area contributed by atoms with Crippen LogP contribution in [-0.4, -0.2) is 18.2 Å². The van der Waals surface area contributed by atoms with Crippen LogP contribution in [0.3, 0.4) is 0 Å². The van der Waals surface area contributed by atoms with Gasteiger partial charge in [0.15, 0.2) is 0 Å². The van der Waals surface area contributed by atoms with Gasteiger partial charge in [-0.2, -0.15) is 0 Å². The van der Waals surface area contributed by atoms with Crippen molar-refractivity contribution in [2.75, 3.05) is 13.2 Å². The summed E-state index contributed by atoms with van der Waals surface area (Å²) in [6.07, 6.45) is 0. The second kappa shape index (κ2) is 7.71. The molecule has 0 saturated carbocycles. The number of benzene rings is 2. The molecule has 0 aromatic heterocycles. The fraction of sp³-hybridized carbons (Fsp3) is 0.188. The SMILES string of the molecule is NC(=S)c1ccc(F)cc1COCCOc1ccccc1. The Balaban J connectivity index is 1.81. The van der Waals surface area contributed by atoms with Gasteiger partial charge in [0.25, 0.3) is 0 Å². The molecule has 21 heavy (non-hydrogen) atoms. The Morgan fingerprint density at radius 3 is 2.57 bits per heavy atom. The summed E-state index contributed by atoms with van der Waals surface area (Å²) in [4.78, 5) is 0.231. The van der Waals surface area contributed by atoms with Gasteiger partial charge in [0.1, 0.15) is 23.2 Å². The van der Waals surface area contributed by atoms with E-state index in [1.807, 2.05) is 30.3 Å². The predicted octanol–water partition coefficient (Wildman–Crippen LogP) is 3.06. The first kappa shape index (κ1) is 15.4. The van der Waals surface area contributed by atoms with Gasteiger partial charge in [-0.25, -0.2) is 4.39 Å². The quantitative estimate of drug-likeness (QED) is 0.631. The highest BCUT2D eigenvalue weighted by atomic mass is 32.1. The zero-order valence-corrected chi connectivity index (χ0v) is 12.2. The minimum Gasteiger partial charge on any atom is -0.491 e. The molecule has 0 atom stereocenters. The fourth-order valence-corrected chi connectivity index (χ4v) is 2.04. The van der Waals surface area contributed by atoms with Crippen LogP contribution >= 0.6 is 12.2 Å². The standard InChI is InChI=1S/C16H16FNO2S/c17-13-6-7-15(16(18)21)12(10-13)11-19-8-9-20-14-4-2-1-3-5-14/h1-7,10H,8-9,11H2,(H2,18,21). The summed E-state index contributed by atoms with van der Waals surface area (Å²) in [5, 5.41) is 0. The minimum absolute atomic E-state index is 0.231. The summed E-state index contributed by atoms with van der Waals surface area (Å²) in [7, 11) is 0. The van der Waals surface area contributed by atoms with E-state index in [0.29, 0.717) is 24.3 Å². The largest absolute Gasteiger partial charge is 0.491 e. The number of para-hydroxylation sites is 1. The summed E-state index contributed by atoms with van der Waals surface area (Å²) in [6.45, 7) is 1.05. The van der Waals surface area contributed by atoms with Gasteiger partial charge < -0.3 is 15.2 Å². The van der Waals surface area contributed by atoms with Crippen LogP contribution in [0.4, 0.5) is 4.39 Å². The number of nitrogens with two attached hydrogens (primary N) is 1. The molecule has 0 unspecified atom stereocenters. The van der Waals surface area contributed by atoms with Gasteiger partial charge in [-0.3, -0.25) is 0 Å². The Kier molecular flexibility index (Phi) is 5.66. The average Bonchev–Trinajstić information content (AvgIpc) is 2.48. The molecule has 110 valence electrons. The minimum atomic E-state index is -0.339. The zero-order valence-electron chi connectivity index (χ0n) is 11.4. The van der Waals surface area contributed by atoms with Gasteiger partial charge in [-0.15, -0.1) is 0 Å². The lowest BCUT2D eigenvalue weighted by molar-refractivity contribution is 0.0887. The highest BCUT2D eigenvalue weighted by Crippen LogP contribution is 2.13. The molecular weight excluding hydrogens is 289 g/mol. The number of halogens is 1. The lowest BCUT2D eigenvalue weighted by Gasteiger charge is -2.10. The molecule has 0 aliphatic rings. The van der Waals surface area contributed by atoms with Crippen LogP contribution < -0.4 is 10.5 Å². The Hall–Kier alpha value is -1.98. The number of rotatable bonds is 7. The van der Waals surface area contributed by atoms with Crippen molar-refractivity contribution in [2.45, 2.75) is 6.61 Å². The first-order chi connectivity index (χ1) is 10.2. The summed E-state index contributed by atoms with van der Waals surface area (Å²) >= 11 is 4.93. The molecule has 0 bridgehead atoms. The van der Waals surface area contributed by atoms with Gasteiger partial charge in [0, 0.05) is 5.56 Å². The van der Waals surface area contributed by atoms with Crippen LogP contribution in [0.5, 0.6) is 5.75 Å². The molecule has 0 fully saturated rings. The van der Waals surface area contributed by atoms with E-state index in [9.17, 15) is 4.39 Å². The van der Waals surface area contributed by atoms with Crippen LogP contribution in [0.15, 0.2) is 48.5 Å². The maximum atomic E-state index is 13.2. The Labute approximate surface area is 128 Å². The number of hydrogen-bond acceptors (Lipinski definition) is 3. The smallest absolute Gasteiger partial charge is 0.123 e. The molecule has 2 rings (SSSR count). The number of thiocarbonyl (C=S) groups is 1. The van der Waals surface area contributed by atoms with E-state index in [2.05, 4.69) is 0 Å². The Bertz CT molecular complexity index is 604. The number of hydrogen-bond donors (Lipinski definition) is 1. The van der Waals surface area contributed by atoms with Gasteiger partial charge in [0.2, 0.25) is 0 Å². The molecule has 0 aliphatic carbocycles. The molecule has 0 saturated heterocycles. The van der Waals surface area contributed by atoms with E-state index in [0.717, 1.165) is 5.75 Å². The molecule has 0 radical (unpaired) electrons. The van der Waals surface area contributed by atoms with Crippen LogP contribution in [-0.2, 0) is 11.3 Å². The molecule has 0 spiro atoms. The van der Waals surface area contributed by atoms with E-state index in [1.165, 1.54) is 12.1 Å². The summed E-state index contributed by atoms with van der Waals surface area (Å²) in [5.41, 5.74) is 6.88. The van der Waals surface area contributed by atoms with Gasteiger partial charge >= 0.3 is 0 Å². The maximum absolute atomic E-state index is 13.2. The van der Waals surface area contributed by atoms with Gasteiger partial charge in [0.05, 0.1) is 13.2 Å². The lowest BCUT2D eigenvalue weighted by Crippen LogP contribution is -2.14. The zero-order chi connectivity index (χ0) is 15.1. The van der Waals surface area contributed by atoms with Crippen LogP contribution in [0, 0.1) is 5.82 Å². The molecule has 2 aromatic rings. The summed E-state index contributed by atoms with van der Waals surface area (Å²) in [6, 6.07) is 13.7. The normalized spacial score (nSPS) is 10.3. The van der Waals surface area contributed by atoms with Crippen molar-refractivity contribution < 1.29 is 13.9 Å². The highest BCUT2D eigenvalue weighted by Gasteiger charge is 2.07. The third kappa shape index (κ3) is 4.81. The fourth-order valence-electron chi connectivity index (χ4n) is 1.84. The van der Waals surface area contributed by atoms with E-state index < -0.39 is 0 Å². The molecule has 0 aliphatic heterocycles.